The highest BCUT2D eigenvalue weighted by Crippen LogP contribution is 2.11. The minimum atomic E-state index is -0.0680. The van der Waals surface area contributed by atoms with Gasteiger partial charge in [0.05, 0.1) is 6.61 Å². The van der Waals surface area contributed by atoms with Crippen LogP contribution in [-0.2, 0) is 14.3 Å². The van der Waals surface area contributed by atoms with Crippen LogP contribution in [0.15, 0.2) is 12.2 Å². The maximum absolute atomic E-state index is 11.4. The molecule has 1 aliphatic heterocycles. The lowest BCUT2D eigenvalue weighted by molar-refractivity contribution is -0.144. The summed E-state index contributed by atoms with van der Waals surface area (Å²) in [4.78, 5) is 11.4. The van der Waals surface area contributed by atoms with E-state index in [1.807, 2.05) is 0 Å². The van der Waals surface area contributed by atoms with E-state index >= 15 is 0 Å². The van der Waals surface area contributed by atoms with Crippen molar-refractivity contribution in [1.82, 2.24) is 0 Å². The van der Waals surface area contributed by atoms with E-state index in [4.69, 9.17) is 9.47 Å². The number of unbranched alkanes of at least 4 members (excludes halogenated alkanes) is 9. The van der Waals surface area contributed by atoms with Crippen LogP contribution in [0.3, 0.4) is 0 Å². The van der Waals surface area contributed by atoms with Gasteiger partial charge in [-0.1, -0.05) is 57.6 Å². The van der Waals surface area contributed by atoms with Gasteiger partial charge in [0.15, 0.2) is 0 Å². The minimum Gasteiger partial charge on any atom is -0.463 e. The van der Waals surface area contributed by atoms with Gasteiger partial charge in [0, 0.05) is 6.42 Å². The minimum absolute atomic E-state index is 0.0680. The highest BCUT2D eigenvalue weighted by atomic mass is 16.6. The van der Waals surface area contributed by atoms with Gasteiger partial charge in [-0.15, -0.1) is 0 Å². The van der Waals surface area contributed by atoms with Gasteiger partial charge in [0.1, 0.15) is 12.7 Å². The van der Waals surface area contributed by atoms with Crippen LogP contribution in [0.2, 0.25) is 0 Å². The number of hydrogen-bond donors (Lipinski definition) is 0. The Labute approximate surface area is 136 Å². The standard InChI is InChI=1S/C19H34O3/c1-2-3-4-5-6-7-8-9-10-11-12-13-14-15-19(20)22-17-18-16-21-18/h7-8,18H,2-6,9-17H2,1H3/b8-7-. The van der Waals surface area contributed by atoms with Crippen LogP contribution in [0.4, 0.5) is 0 Å². The van der Waals surface area contributed by atoms with Gasteiger partial charge in [-0.05, 0) is 32.1 Å². The predicted octanol–water partition coefficient (Wildman–Crippen LogP) is 5.19. The summed E-state index contributed by atoms with van der Waals surface area (Å²) in [5, 5.41) is 0. The van der Waals surface area contributed by atoms with Gasteiger partial charge in [-0.3, -0.25) is 4.79 Å². The first-order chi connectivity index (χ1) is 10.8. The maximum atomic E-state index is 11.4. The van der Waals surface area contributed by atoms with Gasteiger partial charge < -0.3 is 9.47 Å². The maximum Gasteiger partial charge on any atom is 0.305 e. The summed E-state index contributed by atoms with van der Waals surface area (Å²) in [6.07, 6.45) is 19.1. The van der Waals surface area contributed by atoms with E-state index in [0.29, 0.717) is 13.0 Å². The second kappa shape index (κ2) is 13.8. The van der Waals surface area contributed by atoms with E-state index < -0.39 is 0 Å². The predicted molar refractivity (Wildman–Crippen MR) is 90.9 cm³/mol. The molecule has 0 aromatic rings. The van der Waals surface area contributed by atoms with Crippen molar-refractivity contribution in [2.24, 2.45) is 0 Å². The van der Waals surface area contributed by atoms with E-state index in [-0.39, 0.29) is 12.1 Å². The van der Waals surface area contributed by atoms with E-state index in [2.05, 4.69) is 19.1 Å². The molecule has 0 bridgehead atoms. The van der Waals surface area contributed by atoms with Crippen LogP contribution < -0.4 is 0 Å². The Morgan fingerprint density at radius 1 is 1.00 bits per heavy atom. The highest BCUT2D eigenvalue weighted by Gasteiger charge is 2.23. The third-order valence-electron chi connectivity index (χ3n) is 3.98. The summed E-state index contributed by atoms with van der Waals surface area (Å²) >= 11 is 0. The van der Waals surface area contributed by atoms with Crippen molar-refractivity contribution in [3.05, 3.63) is 12.2 Å². The Morgan fingerprint density at radius 2 is 1.59 bits per heavy atom. The van der Waals surface area contributed by atoms with Crippen LogP contribution in [0.1, 0.15) is 84.0 Å². The van der Waals surface area contributed by atoms with Crippen LogP contribution in [0, 0.1) is 0 Å². The molecule has 0 amide bonds. The van der Waals surface area contributed by atoms with Gasteiger partial charge >= 0.3 is 5.97 Å². The molecule has 128 valence electrons. The summed E-state index contributed by atoms with van der Waals surface area (Å²) < 4.78 is 10.1. The lowest BCUT2D eigenvalue weighted by Crippen LogP contribution is -2.09. The molecule has 0 radical (unpaired) electrons. The normalized spacial score (nSPS) is 17.0. The molecule has 1 unspecified atom stereocenters. The van der Waals surface area contributed by atoms with Gasteiger partial charge in [0.2, 0.25) is 0 Å². The van der Waals surface area contributed by atoms with E-state index in [1.165, 1.54) is 57.8 Å². The quantitative estimate of drug-likeness (QED) is 0.181. The molecule has 0 aliphatic carbocycles. The summed E-state index contributed by atoms with van der Waals surface area (Å²) in [7, 11) is 0. The van der Waals surface area contributed by atoms with Crippen LogP contribution in [-0.4, -0.2) is 25.3 Å². The molecular formula is C19H34O3. The van der Waals surface area contributed by atoms with Crippen LogP contribution >= 0.6 is 0 Å². The summed E-state index contributed by atoms with van der Waals surface area (Å²) in [5.74, 6) is -0.0680. The number of rotatable bonds is 15. The average Bonchev–Trinajstić information content (AvgIpc) is 3.34. The van der Waals surface area contributed by atoms with Gasteiger partial charge in [-0.25, -0.2) is 0 Å². The Bertz CT molecular complexity index is 295. The molecule has 1 aliphatic rings. The zero-order chi connectivity index (χ0) is 15.9. The lowest BCUT2D eigenvalue weighted by Gasteiger charge is -2.02. The van der Waals surface area contributed by atoms with E-state index in [1.54, 1.807) is 0 Å². The Balaban J connectivity index is 1.73. The molecule has 1 heterocycles. The molecule has 1 saturated heterocycles. The molecule has 22 heavy (non-hydrogen) atoms. The molecule has 1 atom stereocenters. The smallest absolute Gasteiger partial charge is 0.305 e. The number of hydrogen-bond acceptors (Lipinski definition) is 3. The number of allylic oxidation sites excluding steroid dienone is 2. The average molecular weight is 310 g/mol. The Kier molecular flexibility index (Phi) is 12.1. The molecule has 0 saturated carbocycles. The zero-order valence-corrected chi connectivity index (χ0v) is 14.4. The van der Waals surface area contributed by atoms with Crippen molar-refractivity contribution in [3.8, 4) is 0 Å². The molecule has 1 fully saturated rings. The van der Waals surface area contributed by atoms with Gasteiger partial charge in [0.25, 0.3) is 0 Å². The van der Waals surface area contributed by atoms with Crippen LogP contribution in [0.5, 0.6) is 0 Å². The van der Waals surface area contributed by atoms with E-state index in [9.17, 15) is 4.79 Å². The first-order valence-corrected chi connectivity index (χ1v) is 9.25. The third kappa shape index (κ3) is 12.9. The SMILES string of the molecule is CCCCCC/C=C\CCCCCCCC(=O)OCC1CO1. The molecule has 0 N–H and O–H groups in total. The summed E-state index contributed by atoms with van der Waals surface area (Å²) in [6.45, 7) is 3.45. The number of epoxide rings is 1. The third-order valence-corrected chi connectivity index (χ3v) is 3.98. The molecule has 3 heteroatoms. The number of esters is 1. The van der Waals surface area contributed by atoms with Gasteiger partial charge in [-0.2, -0.15) is 0 Å². The van der Waals surface area contributed by atoms with Crippen molar-refractivity contribution in [1.29, 1.82) is 0 Å². The first kappa shape index (κ1) is 19.2. The lowest BCUT2D eigenvalue weighted by atomic mass is 10.1. The molecular weight excluding hydrogens is 276 g/mol. The second-order valence-corrected chi connectivity index (χ2v) is 6.27. The van der Waals surface area contributed by atoms with Crippen molar-refractivity contribution in [3.63, 3.8) is 0 Å². The zero-order valence-electron chi connectivity index (χ0n) is 14.4. The van der Waals surface area contributed by atoms with Crippen LogP contribution in [0.25, 0.3) is 0 Å². The van der Waals surface area contributed by atoms with Crippen molar-refractivity contribution in [2.45, 2.75) is 90.1 Å². The largest absolute Gasteiger partial charge is 0.463 e. The summed E-state index contributed by atoms with van der Waals surface area (Å²) in [5.41, 5.74) is 0. The molecule has 0 aromatic carbocycles. The van der Waals surface area contributed by atoms with Crippen molar-refractivity contribution >= 4 is 5.97 Å². The summed E-state index contributed by atoms with van der Waals surface area (Å²) in [6, 6.07) is 0. The molecule has 0 spiro atoms. The monoisotopic (exact) mass is 310 g/mol. The molecule has 1 rings (SSSR count). The topological polar surface area (TPSA) is 38.8 Å². The molecule has 3 nitrogen and oxygen atoms in total. The fraction of sp³-hybridized carbons (Fsp3) is 0.842. The Morgan fingerprint density at radius 3 is 2.23 bits per heavy atom. The van der Waals surface area contributed by atoms with Crippen molar-refractivity contribution in [2.75, 3.05) is 13.2 Å². The number of carbonyl (C=O) groups excluding carboxylic acids is 1. The van der Waals surface area contributed by atoms with Crippen molar-refractivity contribution < 1.29 is 14.3 Å². The fourth-order valence-electron chi connectivity index (χ4n) is 2.41. The highest BCUT2D eigenvalue weighted by molar-refractivity contribution is 5.69. The first-order valence-electron chi connectivity index (χ1n) is 9.25. The van der Waals surface area contributed by atoms with E-state index in [0.717, 1.165) is 19.4 Å². The molecule has 0 aromatic heterocycles. The fourth-order valence-corrected chi connectivity index (χ4v) is 2.41. The second-order valence-electron chi connectivity index (χ2n) is 6.27. The Hall–Kier alpha value is -0.830. The number of ether oxygens (including phenoxy) is 2. The number of carbonyl (C=O) groups is 1.